The quantitative estimate of drug-likeness (QED) is 0.608. The first-order valence-corrected chi connectivity index (χ1v) is 12.1. The number of morpholine rings is 1. The minimum Gasteiger partial charge on any atom is -0.378 e. The summed E-state index contributed by atoms with van der Waals surface area (Å²) in [7, 11) is 0. The number of carbonyl (C=O) groups excluding carboxylic acids is 1. The van der Waals surface area contributed by atoms with Crippen molar-refractivity contribution >= 4 is 17.7 Å². The highest BCUT2D eigenvalue weighted by atomic mass is 32.2. The van der Waals surface area contributed by atoms with Crippen molar-refractivity contribution < 1.29 is 9.53 Å². The van der Waals surface area contributed by atoms with E-state index >= 15 is 0 Å². The Hall–Kier alpha value is -1.97. The van der Waals surface area contributed by atoms with Gasteiger partial charge in [-0.3, -0.25) is 14.7 Å². The van der Waals surface area contributed by atoms with Crippen LogP contribution in [0.1, 0.15) is 50.0 Å². The highest BCUT2D eigenvalue weighted by Gasteiger charge is 2.29. The Balaban J connectivity index is 1.41. The first-order valence-electron chi connectivity index (χ1n) is 11.2. The second-order valence-corrected chi connectivity index (χ2v) is 9.46. The van der Waals surface area contributed by atoms with E-state index < -0.39 is 0 Å². The topological polar surface area (TPSA) is 76.4 Å². The van der Waals surface area contributed by atoms with Crippen LogP contribution >= 0.6 is 11.8 Å². The largest absolute Gasteiger partial charge is 0.378 e. The summed E-state index contributed by atoms with van der Waals surface area (Å²) in [5, 5.41) is 10.1. The number of piperidine rings is 1. The number of nitrogens with zero attached hydrogens (tertiary/aromatic N) is 6. The predicted molar refractivity (Wildman–Crippen MR) is 120 cm³/mol. The molecule has 0 N–H and O–H groups in total. The van der Waals surface area contributed by atoms with Crippen LogP contribution in [0.4, 0.5) is 0 Å². The van der Waals surface area contributed by atoms with E-state index in [2.05, 4.69) is 44.6 Å². The SMILES string of the molecule is CC(C)n1c(SCc2cccnc2)nnc1C1CCCN(CC(=O)N2CCOCC2)C1. The molecule has 0 saturated carbocycles. The third-order valence-corrected chi connectivity index (χ3v) is 6.91. The molecule has 9 heteroatoms. The summed E-state index contributed by atoms with van der Waals surface area (Å²) in [5.74, 6) is 2.38. The van der Waals surface area contributed by atoms with Crippen LogP contribution in [-0.4, -0.2) is 81.4 Å². The van der Waals surface area contributed by atoms with Gasteiger partial charge >= 0.3 is 0 Å². The third-order valence-electron chi connectivity index (χ3n) is 5.89. The normalized spacial score (nSPS) is 20.4. The number of rotatable bonds is 7. The van der Waals surface area contributed by atoms with E-state index in [9.17, 15) is 4.79 Å². The fourth-order valence-electron chi connectivity index (χ4n) is 4.30. The molecule has 0 aliphatic carbocycles. The van der Waals surface area contributed by atoms with Crippen LogP contribution in [0.2, 0.25) is 0 Å². The summed E-state index contributed by atoms with van der Waals surface area (Å²) >= 11 is 1.71. The minimum atomic E-state index is 0.210. The van der Waals surface area contributed by atoms with E-state index in [1.54, 1.807) is 18.0 Å². The maximum atomic E-state index is 12.7. The Bertz CT molecular complexity index is 853. The van der Waals surface area contributed by atoms with E-state index in [0.717, 1.165) is 42.7 Å². The van der Waals surface area contributed by atoms with Gasteiger partial charge in [0.1, 0.15) is 5.82 Å². The Kier molecular flexibility index (Phi) is 7.58. The molecule has 8 nitrogen and oxygen atoms in total. The lowest BCUT2D eigenvalue weighted by molar-refractivity contribution is -0.136. The van der Waals surface area contributed by atoms with E-state index in [1.165, 1.54) is 5.56 Å². The van der Waals surface area contributed by atoms with Crippen LogP contribution in [0.25, 0.3) is 0 Å². The molecule has 2 saturated heterocycles. The lowest BCUT2D eigenvalue weighted by Crippen LogP contribution is -2.47. The monoisotopic (exact) mass is 444 g/mol. The van der Waals surface area contributed by atoms with Crippen LogP contribution in [-0.2, 0) is 15.3 Å². The van der Waals surface area contributed by atoms with E-state index in [1.807, 2.05) is 17.2 Å². The van der Waals surface area contributed by atoms with E-state index in [0.29, 0.717) is 38.8 Å². The molecule has 4 heterocycles. The Morgan fingerprint density at radius 2 is 2.10 bits per heavy atom. The fourth-order valence-corrected chi connectivity index (χ4v) is 5.30. The first kappa shape index (κ1) is 22.2. The van der Waals surface area contributed by atoms with Crippen molar-refractivity contribution in [1.29, 1.82) is 0 Å². The fraction of sp³-hybridized carbons (Fsp3) is 0.636. The van der Waals surface area contributed by atoms with Crippen LogP contribution < -0.4 is 0 Å². The van der Waals surface area contributed by atoms with Crippen LogP contribution in [0.15, 0.2) is 29.7 Å². The van der Waals surface area contributed by atoms with Gasteiger partial charge in [-0.1, -0.05) is 17.8 Å². The summed E-state index contributed by atoms with van der Waals surface area (Å²) in [6, 6.07) is 4.33. The van der Waals surface area contributed by atoms with Gasteiger partial charge in [-0.25, -0.2) is 0 Å². The molecular formula is C22H32N6O2S. The summed E-state index contributed by atoms with van der Waals surface area (Å²) in [6.45, 7) is 9.36. The predicted octanol–water partition coefficient (Wildman–Crippen LogP) is 2.58. The van der Waals surface area contributed by atoms with Crippen molar-refractivity contribution in [1.82, 2.24) is 29.5 Å². The Labute approximate surface area is 188 Å². The van der Waals surface area contributed by atoms with Crippen molar-refractivity contribution in [2.24, 2.45) is 0 Å². The number of amides is 1. The van der Waals surface area contributed by atoms with Crippen LogP contribution in [0.5, 0.6) is 0 Å². The summed E-state index contributed by atoms with van der Waals surface area (Å²) < 4.78 is 7.65. The molecule has 0 bridgehead atoms. The lowest BCUT2D eigenvalue weighted by atomic mass is 9.97. The molecule has 0 radical (unpaired) electrons. The van der Waals surface area contributed by atoms with Gasteiger partial charge in [0.25, 0.3) is 0 Å². The highest BCUT2D eigenvalue weighted by molar-refractivity contribution is 7.98. The van der Waals surface area contributed by atoms with Crippen molar-refractivity contribution in [3.8, 4) is 0 Å². The number of aromatic nitrogens is 4. The average Bonchev–Trinajstić information content (AvgIpc) is 3.23. The molecule has 2 aliphatic rings. The maximum absolute atomic E-state index is 12.7. The minimum absolute atomic E-state index is 0.210. The van der Waals surface area contributed by atoms with Crippen LogP contribution in [0.3, 0.4) is 0 Å². The molecule has 2 aromatic heterocycles. The van der Waals surface area contributed by atoms with Gasteiger partial charge in [0, 0.05) is 49.7 Å². The molecule has 0 spiro atoms. The molecule has 1 amide bonds. The molecule has 1 unspecified atom stereocenters. The molecule has 2 aromatic rings. The van der Waals surface area contributed by atoms with Gasteiger partial charge in [0.05, 0.1) is 19.8 Å². The average molecular weight is 445 g/mol. The molecule has 0 aromatic carbocycles. The van der Waals surface area contributed by atoms with Gasteiger partial charge < -0.3 is 14.2 Å². The second-order valence-electron chi connectivity index (χ2n) is 8.52. The summed E-state index contributed by atoms with van der Waals surface area (Å²) in [6.07, 6.45) is 5.85. The number of likely N-dealkylation sites (tertiary alicyclic amines) is 1. The second kappa shape index (κ2) is 10.6. The number of hydrogen-bond acceptors (Lipinski definition) is 7. The zero-order chi connectivity index (χ0) is 21.6. The Morgan fingerprint density at radius 1 is 1.26 bits per heavy atom. The van der Waals surface area contributed by atoms with E-state index in [-0.39, 0.29) is 11.9 Å². The van der Waals surface area contributed by atoms with Gasteiger partial charge in [-0.15, -0.1) is 10.2 Å². The molecular weight excluding hydrogens is 412 g/mol. The van der Waals surface area contributed by atoms with Gasteiger partial charge in [0.15, 0.2) is 5.16 Å². The number of hydrogen-bond donors (Lipinski definition) is 0. The lowest BCUT2D eigenvalue weighted by Gasteiger charge is -2.34. The highest BCUT2D eigenvalue weighted by Crippen LogP contribution is 2.32. The molecule has 2 fully saturated rings. The van der Waals surface area contributed by atoms with Gasteiger partial charge in [0.2, 0.25) is 5.91 Å². The van der Waals surface area contributed by atoms with Crippen molar-refractivity contribution in [3.05, 3.63) is 35.9 Å². The standard InChI is InChI=1S/C22H32N6O2S/c1-17(2)28-21(24-25-22(28)31-16-18-5-3-7-23-13-18)19-6-4-8-26(14-19)15-20(29)27-9-11-30-12-10-27/h3,5,7,13,17,19H,4,6,8-12,14-16H2,1-2H3. The van der Waals surface area contributed by atoms with Gasteiger partial charge in [-0.2, -0.15) is 0 Å². The molecule has 4 rings (SSSR count). The Morgan fingerprint density at radius 3 is 2.84 bits per heavy atom. The van der Waals surface area contributed by atoms with Gasteiger partial charge in [-0.05, 0) is 44.9 Å². The molecule has 2 aliphatic heterocycles. The van der Waals surface area contributed by atoms with Crippen molar-refractivity contribution in [3.63, 3.8) is 0 Å². The molecule has 31 heavy (non-hydrogen) atoms. The summed E-state index contributed by atoms with van der Waals surface area (Å²) in [5.41, 5.74) is 1.18. The first-order chi connectivity index (χ1) is 15.1. The molecule has 1 atom stereocenters. The number of pyridine rings is 1. The smallest absolute Gasteiger partial charge is 0.236 e. The van der Waals surface area contributed by atoms with Crippen LogP contribution in [0, 0.1) is 0 Å². The summed E-state index contributed by atoms with van der Waals surface area (Å²) in [4.78, 5) is 21.1. The zero-order valence-corrected chi connectivity index (χ0v) is 19.3. The third kappa shape index (κ3) is 5.64. The number of ether oxygens (including phenoxy) is 1. The van der Waals surface area contributed by atoms with Crippen molar-refractivity contribution in [2.75, 3.05) is 45.9 Å². The zero-order valence-electron chi connectivity index (χ0n) is 18.4. The van der Waals surface area contributed by atoms with Crippen molar-refractivity contribution in [2.45, 2.75) is 49.6 Å². The van der Waals surface area contributed by atoms with E-state index in [4.69, 9.17) is 4.74 Å². The maximum Gasteiger partial charge on any atom is 0.236 e. The molecule has 168 valence electrons. The number of thioether (sulfide) groups is 1. The number of carbonyl (C=O) groups is 1.